The van der Waals surface area contributed by atoms with Gasteiger partial charge in [0.2, 0.25) is 11.8 Å². The second kappa shape index (κ2) is 10.2. The van der Waals surface area contributed by atoms with Gasteiger partial charge in [0.25, 0.3) is 0 Å². The SMILES string of the molecule is c1ccc(-c2ccc3c(-c4cncc(C5=NCCO5)c4)c4ccccc4c(-c4cncc(C5=NCCO5)c4)c3c2)cc1. The number of pyridine rings is 2. The Kier molecular flexibility index (Phi) is 5.96. The van der Waals surface area contributed by atoms with Crippen molar-refractivity contribution in [2.75, 3.05) is 26.3 Å². The Labute approximate surface area is 243 Å². The molecule has 4 aromatic carbocycles. The van der Waals surface area contributed by atoms with Gasteiger partial charge in [0.15, 0.2) is 0 Å². The van der Waals surface area contributed by atoms with Crippen molar-refractivity contribution in [3.8, 4) is 33.4 Å². The summed E-state index contributed by atoms with van der Waals surface area (Å²) in [6.45, 7) is 2.55. The smallest absolute Gasteiger partial charge is 0.217 e. The Bertz CT molecular complexity index is 2050. The fraction of sp³-hybridized carbons (Fsp3) is 0.111. The Balaban J connectivity index is 1.44. The van der Waals surface area contributed by atoms with E-state index in [0.29, 0.717) is 38.1 Å². The molecule has 0 saturated carbocycles. The van der Waals surface area contributed by atoms with Crippen LogP contribution in [0.2, 0.25) is 0 Å². The molecule has 0 unspecified atom stereocenters. The van der Waals surface area contributed by atoms with Gasteiger partial charge in [-0.2, -0.15) is 0 Å². The van der Waals surface area contributed by atoms with E-state index in [9.17, 15) is 0 Å². The zero-order chi connectivity index (χ0) is 27.9. The van der Waals surface area contributed by atoms with Crippen LogP contribution in [0.3, 0.4) is 0 Å². The summed E-state index contributed by atoms with van der Waals surface area (Å²) in [5, 5.41) is 4.55. The van der Waals surface area contributed by atoms with Crippen LogP contribution in [0, 0.1) is 0 Å². The van der Waals surface area contributed by atoms with Crippen LogP contribution in [0.4, 0.5) is 0 Å². The molecule has 0 N–H and O–H groups in total. The molecule has 0 atom stereocenters. The molecule has 8 rings (SSSR count). The number of aromatic nitrogens is 2. The fourth-order valence-corrected chi connectivity index (χ4v) is 6.02. The lowest BCUT2D eigenvalue weighted by molar-refractivity contribution is 0.348. The minimum Gasteiger partial charge on any atom is -0.475 e. The van der Waals surface area contributed by atoms with Gasteiger partial charge in [0.1, 0.15) is 13.2 Å². The van der Waals surface area contributed by atoms with Crippen molar-refractivity contribution in [2.24, 2.45) is 9.98 Å². The summed E-state index contributed by atoms with van der Waals surface area (Å²) in [5.41, 5.74) is 8.39. The fourth-order valence-electron chi connectivity index (χ4n) is 6.02. The molecule has 0 fully saturated rings. The molecule has 6 nitrogen and oxygen atoms in total. The van der Waals surface area contributed by atoms with Crippen LogP contribution >= 0.6 is 0 Å². The van der Waals surface area contributed by atoms with Gasteiger partial charge in [-0.3, -0.25) is 9.97 Å². The van der Waals surface area contributed by atoms with Crippen LogP contribution in [-0.4, -0.2) is 48.1 Å². The predicted molar refractivity (Wildman–Crippen MR) is 168 cm³/mol. The van der Waals surface area contributed by atoms with Crippen molar-refractivity contribution in [1.82, 2.24) is 9.97 Å². The molecular weight excluding hydrogens is 520 g/mol. The molecule has 0 amide bonds. The summed E-state index contributed by atoms with van der Waals surface area (Å²) in [7, 11) is 0. The number of hydrogen-bond acceptors (Lipinski definition) is 6. The van der Waals surface area contributed by atoms with Gasteiger partial charge < -0.3 is 9.47 Å². The minimum absolute atomic E-state index is 0.602. The Morgan fingerprint density at radius 2 is 0.952 bits per heavy atom. The highest BCUT2D eigenvalue weighted by Gasteiger charge is 2.20. The van der Waals surface area contributed by atoms with Gasteiger partial charge in [-0.15, -0.1) is 0 Å². The van der Waals surface area contributed by atoms with E-state index in [-0.39, 0.29) is 0 Å². The molecule has 4 heterocycles. The second-order valence-electron chi connectivity index (χ2n) is 10.4. The van der Waals surface area contributed by atoms with E-state index in [1.807, 2.05) is 30.9 Å². The molecule has 0 radical (unpaired) electrons. The van der Waals surface area contributed by atoms with E-state index in [2.05, 4.69) is 98.8 Å². The minimum atomic E-state index is 0.602. The summed E-state index contributed by atoms with van der Waals surface area (Å²) in [4.78, 5) is 18.3. The number of aliphatic imine (C=N–C) groups is 2. The zero-order valence-corrected chi connectivity index (χ0v) is 22.8. The highest BCUT2D eigenvalue weighted by Crippen LogP contribution is 2.44. The standard InChI is InChI=1S/C36H26N4O2/c1-2-6-23(7-3-1)24-10-11-31-32(18-24)34(26-17-28(22-38-20-26)36-40-13-15-42-36)30-9-5-4-8-29(30)33(31)25-16-27(21-37-19-25)35-39-12-14-41-35/h1-11,16-22H,12-15H2. The lowest BCUT2D eigenvalue weighted by Crippen LogP contribution is -2.03. The van der Waals surface area contributed by atoms with Crippen molar-refractivity contribution >= 4 is 33.3 Å². The first-order chi connectivity index (χ1) is 20.8. The number of fused-ring (bicyclic) bond motifs is 2. The first-order valence-electron chi connectivity index (χ1n) is 14.1. The largest absolute Gasteiger partial charge is 0.475 e. The summed E-state index contributed by atoms with van der Waals surface area (Å²) < 4.78 is 11.6. The molecule has 2 aliphatic rings. The zero-order valence-electron chi connectivity index (χ0n) is 22.8. The van der Waals surface area contributed by atoms with E-state index >= 15 is 0 Å². The summed E-state index contributed by atoms with van der Waals surface area (Å²) in [6, 6.07) is 30.1. The van der Waals surface area contributed by atoms with Crippen LogP contribution in [0.1, 0.15) is 11.1 Å². The Morgan fingerprint density at radius 1 is 0.429 bits per heavy atom. The van der Waals surface area contributed by atoms with Crippen LogP contribution in [0.5, 0.6) is 0 Å². The van der Waals surface area contributed by atoms with Gasteiger partial charge >= 0.3 is 0 Å². The van der Waals surface area contributed by atoms with Crippen molar-refractivity contribution in [3.63, 3.8) is 0 Å². The molecule has 42 heavy (non-hydrogen) atoms. The van der Waals surface area contributed by atoms with Crippen LogP contribution in [0.25, 0.3) is 54.9 Å². The lowest BCUT2D eigenvalue weighted by Gasteiger charge is -2.19. The van der Waals surface area contributed by atoms with E-state index in [4.69, 9.17) is 9.47 Å². The van der Waals surface area contributed by atoms with Crippen LogP contribution in [-0.2, 0) is 9.47 Å². The molecule has 2 aromatic heterocycles. The number of ether oxygens (including phenoxy) is 2. The average molecular weight is 547 g/mol. The van der Waals surface area contributed by atoms with E-state index in [0.717, 1.165) is 60.5 Å². The first kappa shape index (κ1) is 24.4. The summed E-state index contributed by atoms with van der Waals surface area (Å²) >= 11 is 0. The third-order valence-electron chi connectivity index (χ3n) is 7.85. The van der Waals surface area contributed by atoms with Crippen molar-refractivity contribution < 1.29 is 9.47 Å². The lowest BCUT2D eigenvalue weighted by atomic mass is 9.85. The molecule has 0 spiro atoms. The van der Waals surface area contributed by atoms with Gasteiger partial charge in [-0.1, -0.05) is 66.7 Å². The monoisotopic (exact) mass is 546 g/mol. The normalized spacial score (nSPS) is 14.5. The van der Waals surface area contributed by atoms with E-state index in [1.54, 1.807) is 0 Å². The number of nitrogens with zero attached hydrogens (tertiary/aromatic N) is 4. The second-order valence-corrected chi connectivity index (χ2v) is 10.4. The maximum Gasteiger partial charge on any atom is 0.217 e. The molecule has 0 bridgehead atoms. The molecule has 6 heteroatoms. The average Bonchev–Trinajstić information content (AvgIpc) is 3.80. The number of benzene rings is 4. The third-order valence-corrected chi connectivity index (χ3v) is 7.85. The summed E-state index contributed by atoms with van der Waals surface area (Å²) in [5.74, 6) is 1.31. The van der Waals surface area contributed by atoms with Gasteiger partial charge in [-0.25, -0.2) is 9.98 Å². The highest BCUT2D eigenvalue weighted by atomic mass is 16.5. The molecule has 6 aromatic rings. The molecule has 2 aliphatic heterocycles. The quantitative estimate of drug-likeness (QED) is 0.212. The van der Waals surface area contributed by atoms with Gasteiger partial charge in [-0.05, 0) is 62.0 Å². The Hall–Kier alpha value is -5.36. The molecule has 202 valence electrons. The van der Waals surface area contributed by atoms with E-state index < -0.39 is 0 Å². The first-order valence-corrected chi connectivity index (χ1v) is 14.1. The molecular formula is C36H26N4O2. The number of hydrogen-bond donors (Lipinski definition) is 0. The maximum absolute atomic E-state index is 5.80. The molecule has 0 saturated heterocycles. The van der Waals surface area contributed by atoms with Crippen molar-refractivity contribution in [2.45, 2.75) is 0 Å². The van der Waals surface area contributed by atoms with E-state index in [1.165, 1.54) is 5.56 Å². The Morgan fingerprint density at radius 3 is 1.52 bits per heavy atom. The predicted octanol–water partition coefficient (Wildman–Crippen LogP) is 7.34. The van der Waals surface area contributed by atoms with Gasteiger partial charge in [0, 0.05) is 35.9 Å². The topological polar surface area (TPSA) is 69.0 Å². The van der Waals surface area contributed by atoms with Gasteiger partial charge in [0.05, 0.1) is 24.2 Å². The third kappa shape index (κ3) is 4.20. The van der Waals surface area contributed by atoms with Crippen LogP contribution < -0.4 is 0 Å². The van der Waals surface area contributed by atoms with Crippen LogP contribution in [0.15, 0.2) is 120 Å². The van der Waals surface area contributed by atoms with Crippen molar-refractivity contribution in [1.29, 1.82) is 0 Å². The highest BCUT2D eigenvalue weighted by molar-refractivity contribution is 6.22. The summed E-state index contributed by atoms with van der Waals surface area (Å²) in [6.07, 6.45) is 7.52. The number of rotatable bonds is 5. The molecule has 0 aliphatic carbocycles. The van der Waals surface area contributed by atoms with Crippen molar-refractivity contribution in [3.05, 3.63) is 121 Å². The maximum atomic E-state index is 5.80.